The van der Waals surface area contributed by atoms with Crippen LogP contribution in [0.2, 0.25) is 0 Å². The highest BCUT2D eigenvalue weighted by Gasteiger charge is 2.09. The zero-order valence-electron chi connectivity index (χ0n) is 15.4. The second kappa shape index (κ2) is 7.64. The number of hydrogen-bond acceptors (Lipinski definition) is 5. The normalized spacial score (nSPS) is 11.2. The third-order valence-electron chi connectivity index (χ3n) is 4.38. The van der Waals surface area contributed by atoms with Crippen molar-refractivity contribution in [1.29, 1.82) is 0 Å². The van der Waals surface area contributed by atoms with Gasteiger partial charge in [0, 0.05) is 29.6 Å². The van der Waals surface area contributed by atoms with Gasteiger partial charge in [0.2, 0.25) is 4.77 Å². The molecule has 0 aliphatic heterocycles. The van der Waals surface area contributed by atoms with Gasteiger partial charge in [-0.05, 0) is 43.4 Å². The lowest BCUT2D eigenvalue weighted by Crippen LogP contribution is -2.00. The van der Waals surface area contributed by atoms with Crippen molar-refractivity contribution in [3.05, 3.63) is 93.0 Å². The Bertz CT molecular complexity index is 1250. The van der Waals surface area contributed by atoms with E-state index < -0.39 is 4.92 Å². The number of nitrogens with one attached hydrogen (secondary N) is 1. The molecule has 2 aromatic heterocycles. The molecule has 0 amide bonds. The van der Waals surface area contributed by atoms with Crippen LogP contribution in [0, 0.1) is 21.8 Å². The van der Waals surface area contributed by atoms with Crippen molar-refractivity contribution in [3.63, 3.8) is 0 Å². The van der Waals surface area contributed by atoms with Gasteiger partial charge < -0.3 is 4.57 Å². The topological polar surface area (TPSA) is 94.0 Å². The van der Waals surface area contributed by atoms with Gasteiger partial charge in [-0.3, -0.25) is 10.1 Å². The number of aromatic nitrogens is 4. The van der Waals surface area contributed by atoms with Gasteiger partial charge in [0.1, 0.15) is 0 Å². The van der Waals surface area contributed by atoms with E-state index in [1.807, 2.05) is 54.1 Å². The molecule has 0 saturated heterocycles. The number of nitrogens with zero attached hydrogens (tertiary/aromatic N) is 5. The van der Waals surface area contributed by atoms with Crippen LogP contribution in [-0.4, -0.2) is 30.6 Å². The van der Waals surface area contributed by atoms with Gasteiger partial charge in [-0.25, -0.2) is 5.10 Å². The average molecular weight is 404 g/mol. The summed E-state index contributed by atoms with van der Waals surface area (Å²) in [5, 5.41) is 22.4. The third-order valence-corrected chi connectivity index (χ3v) is 4.65. The van der Waals surface area contributed by atoms with Gasteiger partial charge in [-0.2, -0.15) is 14.9 Å². The predicted molar refractivity (Wildman–Crippen MR) is 113 cm³/mol. The molecule has 4 aromatic rings. The maximum absolute atomic E-state index is 10.9. The summed E-state index contributed by atoms with van der Waals surface area (Å²) in [7, 11) is 0. The molecule has 0 spiro atoms. The molecule has 144 valence electrons. The van der Waals surface area contributed by atoms with Crippen LogP contribution in [0.25, 0.3) is 17.1 Å². The first-order valence-corrected chi connectivity index (χ1v) is 9.15. The fourth-order valence-corrected chi connectivity index (χ4v) is 3.05. The van der Waals surface area contributed by atoms with Gasteiger partial charge in [0.15, 0.2) is 5.82 Å². The number of aryl methyl sites for hydroxylation is 1. The fourth-order valence-electron chi connectivity index (χ4n) is 2.87. The zero-order valence-corrected chi connectivity index (χ0v) is 16.2. The van der Waals surface area contributed by atoms with Crippen LogP contribution in [0.5, 0.6) is 0 Å². The number of nitro groups is 1. The van der Waals surface area contributed by atoms with E-state index >= 15 is 0 Å². The van der Waals surface area contributed by atoms with Crippen LogP contribution >= 0.6 is 12.2 Å². The van der Waals surface area contributed by atoms with Gasteiger partial charge in [0.25, 0.3) is 5.69 Å². The standard InChI is InChI=1S/C20H16N6O2S/c1-14-4-6-15(7-5-14)19-22-23-20(29)25(19)21-13-18-3-2-12-24(18)16-8-10-17(11-9-16)26(27)28/h2-13H,1H3,(H,23,29)/b21-13+. The Labute approximate surface area is 170 Å². The average Bonchev–Trinajstić information content (AvgIpc) is 3.33. The van der Waals surface area contributed by atoms with E-state index in [0.717, 1.165) is 22.5 Å². The smallest absolute Gasteiger partial charge is 0.269 e. The Morgan fingerprint density at radius 2 is 1.86 bits per heavy atom. The number of hydrogen-bond donors (Lipinski definition) is 1. The molecule has 4 rings (SSSR count). The second-order valence-corrected chi connectivity index (χ2v) is 6.74. The summed E-state index contributed by atoms with van der Waals surface area (Å²) in [4.78, 5) is 10.4. The van der Waals surface area contributed by atoms with Crippen LogP contribution in [0.1, 0.15) is 11.3 Å². The number of rotatable bonds is 5. The van der Waals surface area contributed by atoms with Crippen molar-refractivity contribution in [2.45, 2.75) is 6.92 Å². The Morgan fingerprint density at radius 1 is 1.14 bits per heavy atom. The second-order valence-electron chi connectivity index (χ2n) is 6.35. The van der Waals surface area contributed by atoms with Crippen molar-refractivity contribution in [1.82, 2.24) is 19.4 Å². The molecule has 0 unspecified atom stereocenters. The highest BCUT2D eigenvalue weighted by atomic mass is 32.1. The SMILES string of the molecule is Cc1ccc(-c2n[nH]c(=S)n2/N=C/c2cccn2-c2ccc([N+](=O)[O-])cc2)cc1. The predicted octanol–water partition coefficient (Wildman–Crippen LogP) is 4.50. The molecule has 0 atom stereocenters. The van der Waals surface area contributed by atoms with Crippen LogP contribution in [0.15, 0.2) is 72.0 Å². The minimum Gasteiger partial charge on any atom is -0.316 e. The molecule has 8 nitrogen and oxygen atoms in total. The van der Waals surface area contributed by atoms with Gasteiger partial charge in [-0.15, -0.1) is 0 Å². The van der Waals surface area contributed by atoms with E-state index in [9.17, 15) is 10.1 Å². The van der Waals surface area contributed by atoms with E-state index in [2.05, 4.69) is 15.3 Å². The molecule has 1 N–H and O–H groups in total. The lowest BCUT2D eigenvalue weighted by Gasteiger charge is -2.06. The van der Waals surface area contributed by atoms with E-state index in [0.29, 0.717) is 10.6 Å². The summed E-state index contributed by atoms with van der Waals surface area (Å²) in [5.74, 6) is 0.611. The Morgan fingerprint density at radius 3 is 2.55 bits per heavy atom. The third kappa shape index (κ3) is 3.76. The molecule has 0 bridgehead atoms. The largest absolute Gasteiger partial charge is 0.316 e. The summed E-state index contributed by atoms with van der Waals surface area (Å²) in [5.41, 5.74) is 3.67. The van der Waals surface area contributed by atoms with Gasteiger partial charge in [0.05, 0.1) is 16.8 Å². The first kappa shape index (κ1) is 18.5. The molecule has 29 heavy (non-hydrogen) atoms. The Balaban J connectivity index is 1.67. The fraction of sp³-hybridized carbons (Fsp3) is 0.0500. The molecule has 0 saturated carbocycles. The highest BCUT2D eigenvalue weighted by molar-refractivity contribution is 7.71. The van der Waals surface area contributed by atoms with Crippen molar-refractivity contribution >= 4 is 24.1 Å². The summed E-state index contributed by atoms with van der Waals surface area (Å²) >= 11 is 5.32. The van der Waals surface area contributed by atoms with Crippen LogP contribution < -0.4 is 0 Å². The molecule has 0 fully saturated rings. The quantitative estimate of drug-likeness (QED) is 0.229. The molecule has 0 aliphatic rings. The highest BCUT2D eigenvalue weighted by Crippen LogP contribution is 2.19. The number of benzene rings is 2. The first-order chi connectivity index (χ1) is 14.0. The maximum Gasteiger partial charge on any atom is 0.269 e. The van der Waals surface area contributed by atoms with E-state index in [4.69, 9.17) is 12.2 Å². The van der Waals surface area contributed by atoms with Gasteiger partial charge in [-0.1, -0.05) is 29.8 Å². The Kier molecular flexibility index (Phi) is 4.88. The van der Waals surface area contributed by atoms with E-state index in [1.54, 1.807) is 23.0 Å². The summed E-state index contributed by atoms with van der Waals surface area (Å²) in [6, 6.07) is 18.0. The number of non-ortho nitro benzene ring substituents is 1. The first-order valence-electron chi connectivity index (χ1n) is 8.74. The Hall–Kier alpha value is -3.85. The molecule has 9 heteroatoms. The van der Waals surface area contributed by atoms with E-state index in [1.165, 1.54) is 12.1 Å². The van der Waals surface area contributed by atoms with Crippen LogP contribution in [0.3, 0.4) is 0 Å². The minimum atomic E-state index is -0.422. The summed E-state index contributed by atoms with van der Waals surface area (Å²) in [6.45, 7) is 2.02. The molecular formula is C20H16N6O2S. The lowest BCUT2D eigenvalue weighted by molar-refractivity contribution is -0.384. The summed E-state index contributed by atoms with van der Waals surface area (Å²) in [6.07, 6.45) is 3.53. The van der Waals surface area contributed by atoms with Gasteiger partial charge >= 0.3 is 0 Å². The van der Waals surface area contributed by atoms with Crippen LogP contribution in [-0.2, 0) is 0 Å². The number of nitro benzene ring substituents is 1. The van der Waals surface area contributed by atoms with Crippen molar-refractivity contribution in [3.8, 4) is 17.1 Å². The van der Waals surface area contributed by atoms with Crippen molar-refractivity contribution in [2.24, 2.45) is 5.10 Å². The van der Waals surface area contributed by atoms with E-state index in [-0.39, 0.29) is 5.69 Å². The lowest BCUT2D eigenvalue weighted by atomic mass is 10.1. The van der Waals surface area contributed by atoms with Crippen molar-refractivity contribution < 1.29 is 4.92 Å². The van der Waals surface area contributed by atoms with Crippen molar-refractivity contribution in [2.75, 3.05) is 0 Å². The molecule has 2 aromatic carbocycles. The monoisotopic (exact) mass is 404 g/mol. The molecular weight excluding hydrogens is 388 g/mol. The molecule has 0 aliphatic carbocycles. The molecule has 0 radical (unpaired) electrons. The van der Waals surface area contributed by atoms with Crippen LogP contribution in [0.4, 0.5) is 5.69 Å². The molecule has 2 heterocycles. The number of H-pyrrole nitrogens is 1. The minimum absolute atomic E-state index is 0.0450. The maximum atomic E-state index is 10.9. The summed E-state index contributed by atoms with van der Waals surface area (Å²) < 4.78 is 3.82. The number of aromatic amines is 1. The zero-order chi connectivity index (χ0) is 20.4.